The summed E-state index contributed by atoms with van der Waals surface area (Å²) < 4.78 is 0. The van der Waals surface area contributed by atoms with Crippen LogP contribution in [0.25, 0.3) is 0 Å². The van der Waals surface area contributed by atoms with Gasteiger partial charge in [0.25, 0.3) is 0 Å². The van der Waals surface area contributed by atoms with Crippen LogP contribution in [0.5, 0.6) is 0 Å². The monoisotopic (exact) mass is 281 g/mol. The topological polar surface area (TPSA) is 20.3 Å². The Morgan fingerprint density at radius 1 is 1.50 bits per heavy atom. The van der Waals surface area contributed by atoms with Crippen LogP contribution in [-0.4, -0.2) is 29.2 Å². The number of hydrogen-bond donors (Lipinski definition) is 0. The molecule has 1 aliphatic rings. The van der Waals surface area contributed by atoms with Crippen LogP contribution in [0.1, 0.15) is 24.0 Å². The second-order valence-corrected chi connectivity index (χ2v) is 4.86. The Labute approximate surface area is 105 Å². The van der Waals surface area contributed by atoms with Gasteiger partial charge in [0.1, 0.15) is 0 Å². The van der Waals surface area contributed by atoms with Crippen molar-refractivity contribution in [2.24, 2.45) is 0 Å². The van der Waals surface area contributed by atoms with Gasteiger partial charge in [0.15, 0.2) is 0 Å². The van der Waals surface area contributed by atoms with E-state index in [0.29, 0.717) is 0 Å². The van der Waals surface area contributed by atoms with E-state index in [0.717, 1.165) is 24.8 Å². The average molecular weight is 282 g/mol. The summed E-state index contributed by atoms with van der Waals surface area (Å²) in [5.74, 6) is 0.385. The maximum absolute atomic E-state index is 12.2. The number of nitrogens with zero attached hydrogens (tertiary/aromatic N) is 1. The first kappa shape index (κ1) is 11.6. The average Bonchev–Trinajstić information content (AvgIpc) is 2.27. The van der Waals surface area contributed by atoms with Crippen molar-refractivity contribution in [3.63, 3.8) is 0 Å². The van der Waals surface area contributed by atoms with Gasteiger partial charge in [-0.2, -0.15) is 0 Å². The summed E-state index contributed by atoms with van der Waals surface area (Å²) in [6.07, 6.45) is 0.911. The Kier molecular flexibility index (Phi) is 3.64. The lowest BCUT2D eigenvalue weighted by Gasteiger charge is -2.33. The third-order valence-electron chi connectivity index (χ3n) is 3.20. The third-order valence-corrected chi connectivity index (χ3v) is 3.56. The zero-order valence-electron chi connectivity index (χ0n) is 9.45. The van der Waals surface area contributed by atoms with Gasteiger partial charge in [-0.05, 0) is 24.5 Å². The van der Waals surface area contributed by atoms with E-state index in [9.17, 15) is 4.79 Å². The second kappa shape index (κ2) is 5.00. The molecule has 1 atom stereocenters. The molecule has 3 heteroatoms. The zero-order valence-corrected chi connectivity index (χ0v) is 11.0. The lowest BCUT2D eigenvalue weighted by Crippen LogP contribution is -2.40. The molecule has 0 aromatic heterocycles. The van der Waals surface area contributed by atoms with Crippen LogP contribution in [0.2, 0.25) is 0 Å². The number of alkyl halides is 1. The van der Waals surface area contributed by atoms with Crippen molar-refractivity contribution in [2.45, 2.75) is 19.3 Å². The third kappa shape index (κ3) is 2.01. The molecule has 1 unspecified atom stereocenters. The van der Waals surface area contributed by atoms with Crippen LogP contribution < -0.4 is 0 Å². The van der Waals surface area contributed by atoms with Gasteiger partial charge in [0.05, 0.1) is 5.92 Å². The minimum Gasteiger partial charge on any atom is -0.342 e. The Balaban J connectivity index is 2.08. The molecule has 1 aromatic carbocycles. The number of likely N-dealkylation sites (N-methyl/N-ethyl adjacent to an activating group) is 1. The summed E-state index contributed by atoms with van der Waals surface area (Å²) in [7, 11) is 0. The molecule has 0 aliphatic heterocycles. The molecule has 2 rings (SSSR count). The molecule has 2 nitrogen and oxygen atoms in total. The highest BCUT2D eigenvalue weighted by molar-refractivity contribution is 9.09. The quantitative estimate of drug-likeness (QED) is 0.777. The Morgan fingerprint density at radius 2 is 2.25 bits per heavy atom. The van der Waals surface area contributed by atoms with Gasteiger partial charge in [-0.15, -0.1) is 0 Å². The van der Waals surface area contributed by atoms with Crippen molar-refractivity contribution in [1.29, 1.82) is 0 Å². The van der Waals surface area contributed by atoms with Crippen molar-refractivity contribution in [3.8, 4) is 0 Å². The molecule has 0 N–H and O–H groups in total. The number of amides is 1. The smallest absolute Gasteiger partial charge is 0.230 e. The van der Waals surface area contributed by atoms with Crippen LogP contribution in [0.15, 0.2) is 24.3 Å². The second-order valence-electron chi connectivity index (χ2n) is 4.06. The van der Waals surface area contributed by atoms with Gasteiger partial charge in [0.2, 0.25) is 5.91 Å². The van der Waals surface area contributed by atoms with Gasteiger partial charge in [0, 0.05) is 18.4 Å². The largest absolute Gasteiger partial charge is 0.342 e. The predicted molar refractivity (Wildman–Crippen MR) is 68.9 cm³/mol. The van der Waals surface area contributed by atoms with E-state index in [1.54, 1.807) is 0 Å². The summed E-state index contributed by atoms with van der Waals surface area (Å²) in [5.41, 5.74) is 2.55. The summed E-state index contributed by atoms with van der Waals surface area (Å²) in [4.78, 5) is 14.1. The lowest BCUT2D eigenvalue weighted by molar-refractivity contribution is -0.132. The molecule has 0 heterocycles. The molecular weight excluding hydrogens is 266 g/mol. The number of hydrogen-bond acceptors (Lipinski definition) is 1. The van der Waals surface area contributed by atoms with Gasteiger partial charge in [-0.25, -0.2) is 0 Å². The van der Waals surface area contributed by atoms with E-state index in [2.05, 4.69) is 28.1 Å². The van der Waals surface area contributed by atoms with E-state index in [-0.39, 0.29) is 11.8 Å². The summed E-state index contributed by atoms with van der Waals surface area (Å²) in [6.45, 7) is 3.63. The minimum absolute atomic E-state index is 0.107. The molecule has 86 valence electrons. The van der Waals surface area contributed by atoms with E-state index in [4.69, 9.17) is 0 Å². The minimum atomic E-state index is 0.107. The van der Waals surface area contributed by atoms with Crippen LogP contribution in [0.3, 0.4) is 0 Å². The molecule has 0 saturated heterocycles. The van der Waals surface area contributed by atoms with E-state index in [1.165, 1.54) is 11.1 Å². The van der Waals surface area contributed by atoms with E-state index in [1.807, 2.05) is 24.0 Å². The first-order valence-corrected chi connectivity index (χ1v) is 6.82. The predicted octanol–water partition coefficient (Wildman–Crippen LogP) is 2.57. The number of carbonyl (C=O) groups excluding carboxylic acids is 1. The highest BCUT2D eigenvalue weighted by Gasteiger charge is 2.33. The number of fused-ring (bicyclic) bond motifs is 1. The van der Waals surface area contributed by atoms with Crippen molar-refractivity contribution in [1.82, 2.24) is 4.90 Å². The van der Waals surface area contributed by atoms with Gasteiger partial charge in [-0.3, -0.25) is 4.79 Å². The zero-order chi connectivity index (χ0) is 11.5. The molecule has 0 fully saturated rings. The first-order valence-electron chi connectivity index (χ1n) is 5.70. The summed E-state index contributed by atoms with van der Waals surface area (Å²) in [5, 5.41) is 0.848. The number of carbonyl (C=O) groups is 1. The normalized spacial score (nSPS) is 17.5. The van der Waals surface area contributed by atoms with E-state index < -0.39 is 0 Å². The standard InChI is InChI=1S/C13H16BrNO/c1-2-15(8-7-14)13(16)12-9-10-5-3-4-6-11(10)12/h3-6,12H,2,7-9H2,1H3. The van der Waals surface area contributed by atoms with Gasteiger partial charge in [-0.1, -0.05) is 40.2 Å². The van der Waals surface area contributed by atoms with E-state index >= 15 is 0 Å². The summed E-state index contributed by atoms with van der Waals surface area (Å²) in [6, 6.07) is 8.23. The number of rotatable bonds is 4. The van der Waals surface area contributed by atoms with Crippen LogP contribution in [-0.2, 0) is 11.2 Å². The Hall–Kier alpha value is -0.830. The molecule has 0 radical (unpaired) electrons. The van der Waals surface area contributed by atoms with Gasteiger partial charge < -0.3 is 4.90 Å². The molecule has 0 bridgehead atoms. The number of benzene rings is 1. The molecule has 16 heavy (non-hydrogen) atoms. The Morgan fingerprint density at radius 3 is 2.88 bits per heavy atom. The number of halogens is 1. The van der Waals surface area contributed by atoms with Crippen LogP contribution in [0, 0.1) is 0 Å². The molecule has 0 spiro atoms. The maximum Gasteiger partial charge on any atom is 0.230 e. The lowest BCUT2D eigenvalue weighted by atomic mass is 9.77. The Bertz CT molecular complexity index is 391. The highest BCUT2D eigenvalue weighted by Crippen LogP contribution is 2.36. The van der Waals surface area contributed by atoms with Crippen LogP contribution in [0.4, 0.5) is 0 Å². The maximum atomic E-state index is 12.2. The highest BCUT2D eigenvalue weighted by atomic mass is 79.9. The van der Waals surface area contributed by atoms with Crippen molar-refractivity contribution < 1.29 is 4.79 Å². The SMILES string of the molecule is CCN(CCBr)C(=O)C1Cc2ccccc21. The molecule has 0 saturated carbocycles. The molecule has 1 aromatic rings. The van der Waals surface area contributed by atoms with Crippen molar-refractivity contribution in [2.75, 3.05) is 18.4 Å². The fourth-order valence-electron chi connectivity index (χ4n) is 2.23. The molecule has 1 aliphatic carbocycles. The fraction of sp³-hybridized carbons (Fsp3) is 0.462. The van der Waals surface area contributed by atoms with Crippen molar-refractivity contribution >= 4 is 21.8 Å². The fourth-order valence-corrected chi connectivity index (χ4v) is 2.65. The first-order chi connectivity index (χ1) is 7.77. The molecule has 1 amide bonds. The van der Waals surface area contributed by atoms with Crippen LogP contribution >= 0.6 is 15.9 Å². The van der Waals surface area contributed by atoms with Gasteiger partial charge >= 0.3 is 0 Å². The molecular formula is C13H16BrNO. The summed E-state index contributed by atoms with van der Waals surface area (Å²) >= 11 is 3.39. The van der Waals surface area contributed by atoms with Crippen molar-refractivity contribution in [3.05, 3.63) is 35.4 Å².